The molecule has 0 unspecified atom stereocenters. The molecule has 3 rings (SSSR count). The number of nitrogens with one attached hydrogen (secondary N) is 1. The lowest BCUT2D eigenvalue weighted by atomic mass is 9.91. The molecule has 3 heterocycles. The molecule has 1 saturated heterocycles. The van der Waals surface area contributed by atoms with E-state index in [1.54, 1.807) is 6.20 Å². The quantitative estimate of drug-likeness (QED) is 0.943. The molecule has 1 N–H and O–H groups in total. The van der Waals surface area contributed by atoms with Crippen molar-refractivity contribution < 1.29 is 0 Å². The number of imidazole rings is 1. The van der Waals surface area contributed by atoms with Gasteiger partial charge in [-0.05, 0) is 59.0 Å². The smallest absolute Gasteiger partial charge is 0.157 e. The molecular formula is C17H25N5. The SMILES string of the molecule is Cc1cnc(-c2cncc(CC3CCN(C(C)C)CC3)n2)[nH]1. The van der Waals surface area contributed by atoms with Gasteiger partial charge in [0.05, 0.1) is 11.9 Å². The third-order valence-electron chi connectivity index (χ3n) is 4.51. The van der Waals surface area contributed by atoms with Gasteiger partial charge in [-0.1, -0.05) is 0 Å². The number of hydrogen-bond donors (Lipinski definition) is 1. The van der Waals surface area contributed by atoms with E-state index in [0.717, 1.165) is 35.2 Å². The highest BCUT2D eigenvalue weighted by Crippen LogP contribution is 2.22. The fraction of sp³-hybridized carbons (Fsp3) is 0.588. The minimum Gasteiger partial charge on any atom is -0.341 e. The Morgan fingerprint density at radius 1 is 1.23 bits per heavy atom. The van der Waals surface area contributed by atoms with Crippen LogP contribution in [0.5, 0.6) is 0 Å². The first kappa shape index (κ1) is 15.2. The number of aromatic amines is 1. The van der Waals surface area contributed by atoms with Crippen LogP contribution < -0.4 is 0 Å². The maximum atomic E-state index is 4.73. The Labute approximate surface area is 132 Å². The zero-order valence-corrected chi connectivity index (χ0v) is 13.7. The van der Waals surface area contributed by atoms with Crippen molar-refractivity contribution in [3.63, 3.8) is 0 Å². The van der Waals surface area contributed by atoms with Crippen LogP contribution in [0.15, 0.2) is 18.6 Å². The van der Waals surface area contributed by atoms with Crippen molar-refractivity contribution in [2.45, 2.75) is 46.1 Å². The van der Waals surface area contributed by atoms with E-state index in [9.17, 15) is 0 Å². The lowest BCUT2D eigenvalue weighted by molar-refractivity contribution is 0.149. The summed E-state index contributed by atoms with van der Waals surface area (Å²) < 4.78 is 0. The molecule has 0 aliphatic carbocycles. The van der Waals surface area contributed by atoms with Crippen LogP contribution in [0.1, 0.15) is 38.1 Å². The van der Waals surface area contributed by atoms with E-state index in [1.165, 1.54) is 25.9 Å². The van der Waals surface area contributed by atoms with Gasteiger partial charge in [-0.3, -0.25) is 4.98 Å². The Balaban J connectivity index is 1.64. The number of H-pyrrole nitrogens is 1. The number of aromatic nitrogens is 4. The molecule has 0 saturated carbocycles. The average Bonchev–Trinajstić information content (AvgIpc) is 2.95. The number of nitrogens with zero attached hydrogens (tertiary/aromatic N) is 4. The Hall–Kier alpha value is -1.75. The van der Waals surface area contributed by atoms with Crippen molar-refractivity contribution in [3.05, 3.63) is 30.0 Å². The summed E-state index contributed by atoms with van der Waals surface area (Å²) >= 11 is 0. The lowest BCUT2D eigenvalue weighted by Gasteiger charge is -2.34. The summed E-state index contributed by atoms with van der Waals surface area (Å²) in [6, 6.07) is 0.659. The number of piperidine rings is 1. The highest BCUT2D eigenvalue weighted by atomic mass is 15.1. The van der Waals surface area contributed by atoms with Gasteiger partial charge < -0.3 is 9.88 Å². The summed E-state index contributed by atoms with van der Waals surface area (Å²) in [4.78, 5) is 19.2. The van der Waals surface area contributed by atoms with E-state index in [-0.39, 0.29) is 0 Å². The summed E-state index contributed by atoms with van der Waals surface area (Å²) in [6.45, 7) is 8.96. The molecule has 22 heavy (non-hydrogen) atoms. The Morgan fingerprint density at radius 2 is 2.00 bits per heavy atom. The molecular weight excluding hydrogens is 274 g/mol. The van der Waals surface area contributed by atoms with Gasteiger partial charge in [0.1, 0.15) is 5.69 Å². The van der Waals surface area contributed by atoms with E-state index < -0.39 is 0 Å². The molecule has 1 aliphatic heterocycles. The molecule has 0 bridgehead atoms. The number of hydrogen-bond acceptors (Lipinski definition) is 4. The van der Waals surface area contributed by atoms with Gasteiger partial charge in [0.15, 0.2) is 5.82 Å². The summed E-state index contributed by atoms with van der Waals surface area (Å²) in [5, 5.41) is 0. The predicted octanol–water partition coefficient (Wildman–Crippen LogP) is 2.84. The molecule has 2 aromatic rings. The molecule has 2 aromatic heterocycles. The van der Waals surface area contributed by atoms with Crippen LogP contribution in [0.3, 0.4) is 0 Å². The number of likely N-dealkylation sites (tertiary alicyclic amines) is 1. The van der Waals surface area contributed by atoms with Gasteiger partial charge in [0.2, 0.25) is 0 Å². The molecule has 118 valence electrons. The molecule has 1 fully saturated rings. The zero-order valence-electron chi connectivity index (χ0n) is 13.7. The molecule has 1 aliphatic rings. The van der Waals surface area contributed by atoms with Crippen LogP contribution in [0, 0.1) is 12.8 Å². The second-order valence-corrected chi connectivity index (χ2v) is 6.59. The van der Waals surface area contributed by atoms with E-state index in [4.69, 9.17) is 4.98 Å². The van der Waals surface area contributed by atoms with Crippen LogP contribution in [0.2, 0.25) is 0 Å². The highest BCUT2D eigenvalue weighted by Gasteiger charge is 2.21. The van der Waals surface area contributed by atoms with E-state index in [2.05, 4.69) is 33.7 Å². The fourth-order valence-electron chi connectivity index (χ4n) is 3.13. The first-order valence-corrected chi connectivity index (χ1v) is 8.19. The monoisotopic (exact) mass is 299 g/mol. The maximum absolute atomic E-state index is 4.73. The first-order valence-electron chi connectivity index (χ1n) is 8.19. The second kappa shape index (κ2) is 6.57. The van der Waals surface area contributed by atoms with E-state index in [0.29, 0.717) is 6.04 Å². The van der Waals surface area contributed by atoms with Crippen molar-refractivity contribution in [2.75, 3.05) is 13.1 Å². The lowest BCUT2D eigenvalue weighted by Crippen LogP contribution is -2.38. The minimum atomic E-state index is 0.659. The van der Waals surface area contributed by atoms with Gasteiger partial charge in [-0.25, -0.2) is 9.97 Å². The maximum Gasteiger partial charge on any atom is 0.157 e. The second-order valence-electron chi connectivity index (χ2n) is 6.59. The van der Waals surface area contributed by atoms with Gasteiger partial charge in [0.25, 0.3) is 0 Å². The fourth-order valence-corrected chi connectivity index (χ4v) is 3.13. The normalized spacial score (nSPS) is 17.3. The van der Waals surface area contributed by atoms with Gasteiger partial charge in [-0.2, -0.15) is 0 Å². The van der Waals surface area contributed by atoms with Crippen LogP contribution in [-0.2, 0) is 6.42 Å². The van der Waals surface area contributed by atoms with E-state index >= 15 is 0 Å². The average molecular weight is 299 g/mol. The summed E-state index contributed by atoms with van der Waals surface area (Å²) in [5.41, 5.74) is 2.96. The Kier molecular flexibility index (Phi) is 4.52. The van der Waals surface area contributed by atoms with Gasteiger partial charge >= 0.3 is 0 Å². The standard InChI is InChI=1S/C17H25N5/c1-12(2)22-6-4-14(5-7-22)8-15-10-18-11-16(21-15)17-19-9-13(3)20-17/h9-12,14H,4-8H2,1-3H3,(H,19,20). The molecule has 0 atom stereocenters. The molecule has 0 radical (unpaired) electrons. The van der Waals surface area contributed by atoms with Crippen molar-refractivity contribution in [2.24, 2.45) is 5.92 Å². The molecule has 0 amide bonds. The van der Waals surface area contributed by atoms with Crippen LogP contribution >= 0.6 is 0 Å². The first-order chi connectivity index (χ1) is 10.6. The van der Waals surface area contributed by atoms with E-state index in [1.807, 2.05) is 19.3 Å². The van der Waals surface area contributed by atoms with Crippen molar-refractivity contribution in [1.29, 1.82) is 0 Å². The third kappa shape index (κ3) is 3.53. The van der Waals surface area contributed by atoms with Crippen molar-refractivity contribution in [1.82, 2.24) is 24.8 Å². The molecule has 0 spiro atoms. The van der Waals surface area contributed by atoms with Gasteiger partial charge in [0, 0.05) is 24.1 Å². The minimum absolute atomic E-state index is 0.659. The van der Waals surface area contributed by atoms with Crippen LogP contribution in [0.25, 0.3) is 11.5 Å². The van der Waals surface area contributed by atoms with Crippen LogP contribution in [0.4, 0.5) is 0 Å². The van der Waals surface area contributed by atoms with Crippen molar-refractivity contribution in [3.8, 4) is 11.5 Å². The summed E-state index contributed by atoms with van der Waals surface area (Å²) in [6.07, 6.45) is 9.03. The Bertz CT molecular complexity index is 611. The third-order valence-corrected chi connectivity index (χ3v) is 4.51. The summed E-state index contributed by atoms with van der Waals surface area (Å²) in [7, 11) is 0. The predicted molar refractivity (Wildman–Crippen MR) is 87.5 cm³/mol. The zero-order chi connectivity index (χ0) is 15.5. The van der Waals surface area contributed by atoms with Crippen molar-refractivity contribution >= 4 is 0 Å². The molecule has 5 heteroatoms. The topological polar surface area (TPSA) is 57.7 Å². The number of aryl methyl sites for hydroxylation is 1. The summed E-state index contributed by atoms with van der Waals surface area (Å²) in [5.74, 6) is 1.53. The Morgan fingerprint density at radius 3 is 2.64 bits per heavy atom. The number of rotatable bonds is 4. The largest absolute Gasteiger partial charge is 0.341 e. The molecule has 5 nitrogen and oxygen atoms in total. The van der Waals surface area contributed by atoms with Crippen LogP contribution in [-0.4, -0.2) is 44.0 Å². The highest BCUT2D eigenvalue weighted by molar-refractivity contribution is 5.47. The molecule has 0 aromatic carbocycles. The van der Waals surface area contributed by atoms with Gasteiger partial charge in [-0.15, -0.1) is 0 Å².